The van der Waals surface area contributed by atoms with Crippen LogP contribution in [0.3, 0.4) is 0 Å². The van der Waals surface area contributed by atoms with Crippen LogP contribution in [0.25, 0.3) is 0 Å². The van der Waals surface area contributed by atoms with Crippen molar-refractivity contribution < 1.29 is 9.53 Å². The summed E-state index contributed by atoms with van der Waals surface area (Å²) in [5.41, 5.74) is 0. The monoisotopic (exact) mass is 212 g/mol. The standard InChI is InChI=1S/C11H20N2O2/c1-2-3-5-12-6-4-11(14)13-7-9-15-10-8-13/h2-3,12H,4-10H2,1H3/b3-2+. The Labute approximate surface area is 91.3 Å². The number of amides is 1. The van der Waals surface area contributed by atoms with Crippen LogP contribution in [0.15, 0.2) is 12.2 Å². The van der Waals surface area contributed by atoms with Crippen LogP contribution in [-0.2, 0) is 9.53 Å². The maximum atomic E-state index is 11.6. The van der Waals surface area contributed by atoms with Gasteiger partial charge in [-0.15, -0.1) is 0 Å². The topological polar surface area (TPSA) is 41.6 Å². The van der Waals surface area contributed by atoms with E-state index < -0.39 is 0 Å². The van der Waals surface area contributed by atoms with Crippen LogP contribution in [0.4, 0.5) is 0 Å². The lowest BCUT2D eigenvalue weighted by Crippen LogP contribution is -2.41. The van der Waals surface area contributed by atoms with E-state index in [1.54, 1.807) is 0 Å². The average Bonchev–Trinajstić information content (AvgIpc) is 2.30. The summed E-state index contributed by atoms with van der Waals surface area (Å²) in [4.78, 5) is 13.5. The van der Waals surface area contributed by atoms with E-state index in [0.29, 0.717) is 19.6 Å². The highest BCUT2D eigenvalue weighted by Crippen LogP contribution is 1.99. The van der Waals surface area contributed by atoms with Gasteiger partial charge in [0.25, 0.3) is 0 Å². The lowest BCUT2D eigenvalue weighted by Gasteiger charge is -2.26. The van der Waals surface area contributed by atoms with Gasteiger partial charge >= 0.3 is 0 Å². The first kappa shape index (κ1) is 12.2. The van der Waals surface area contributed by atoms with Gasteiger partial charge in [-0.25, -0.2) is 0 Å². The number of nitrogens with one attached hydrogen (secondary N) is 1. The van der Waals surface area contributed by atoms with Crippen molar-refractivity contribution in [2.24, 2.45) is 0 Å². The SMILES string of the molecule is C/C=C/CNCCC(=O)N1CCOCC1. The molecule has 0 saturated carbocycles. The fourth-order valence-electron chi connectivity index (χ4n) is 1.47. The van der Waals surface area contributed by atoms with Crippen molar-refractivity contribution in [3.05, 3.63) is 12.2 Å². The summed E-state index contributed by atoms with van der Waals surface area (Å²) in [5.74, 6) is 0.228. The van der Waals surface area contributed by atoms with Crippen LogP contribution >= 0.6 is 0 Å². The number of hydrogen-bond donors (Lipinski definition) is 1. The number of rotatable bonds is 5. The van der Waals surface area contributed by atoms with Crippen molar-refractivity contribution in [1.29, 1.82) is 0 Å². The summed E-state index contributed by atoms with van der Waals surface area (Å²) in [7, 11) is 0. The molecule has 1 amide bonds. The second-order valence-electron chi connectivity index (χ2n) is 3.52. The van der Waals surface area contributed by atoms with Crippen LogP contribution in [0, 0.1) is 0 Å². The van der Waals surface area contributed by atoms with Crippen molar-refractivity contribution in [2.75, 3.05) is 39.4 Å². The minimum atomic E-state index is 0.228. The molecule has 0 aromatic heterocycles. The minimum Gasteiger partial charge on any atom is -0.378 e. The van der Waals surface area contributed by atoms with E-state index in [4.69, 9.17) is 4.74 Å². The Kier molecular flexibility index (Phi) is 6.04. The van der Waals surface area contributed by atoms with E-state index in [9.17, 15) is 4.79 Å². The first-order valence-corrected chi connectivity index (χ1v) is 5.52. The van der Waals surface area contributed by atoms with Crippen LogP contribution < -0.4 is 5.32 Å². The predicted octanol–water partition coefficient (Wildman–Crippen LogP) is 0.401. The Morgan fingerprint density at radius 1 is 1.47 bits per heavy atom. The van der Waals surface area contributed by atoms with Gasteiger partial charge in [0.05, 0.1) is 13.2 Å². The van der Waals surface area contributed by atoms with Gasteiger partial charge in [-0.3, -0.25) is 4.79 Å². The molecule has 0 atom stereocenters. The third kappa shape index (κ3) is 4.95. The van der Waals surface area contributed by atoms with Crippen molar-refractivity contribution in [2.45, 2.75) is 13.3 Å². The minimum absolute atomic E-state index is 0.228. The zero-order chi connectivity index (χ0) is 10.9. The Morgan fingerprint density at radius 2 is 2.20 bits per heavy atom. The number of morpholine rings is 1. The van der Waals surface area contributed by atoms with E-state index >= 15 is 0 Å². The first-order chi connectivity index (χ1) is 7.34. The Hall–Kier alpha value is -0.870. The van der Waals surface area contributed by atoms with E-state index in [2.05, 4.69) is 5.32 Å². The Morgan fingerprint density at radius 3 is 2.87 bits per heavy atom. The molecular formula is C11H20N2O2. The molecule has 1 N–H and O–H groups in total. The van der Waals surface area contributed by atoms with Gasteiger partial charge in [0.2, 0.25) is 5.91 Å². The normalized spacial score (nSPS) is 17.3. The summed E-state index contributed by atoms with van der Waals surface area (Å²) in [6.07, 6.45) is 4.62. The van der Waals surface area contributed by atoms with Gasteiger partial charge in [0.15, 0.2) is 0 Å². The van der Waals surface area contributed by atoms with Crippen molar-refractivity contribution in [3.8, 4) is 0 Å². The fourth-order valence-corrected chi connectivity index (χ4v) is 1.47. The van der Waals surface area contributed by atoms with Gasteiger partial charge < -0.3 is 15.0 Å². The molecule has 0 spiro atoms. The zero-order valence-corrected chi connectivity index (χ0v) is 9.37. The van der Waals surface area contributed by atoms with Gasteiger partial charge in [0.1, 0.15) is 0 Å². The van der Waals surface area contributed by atoms with Gasteiger partial charge in [-0.1, -0.05) is 12.2 Å². The zero-order valence-electron chi connectivity index (χ0n) is 9.37. The number of hydrogen-bond acceptors (Lipinski definition) is 3. The average molecular weight is 212 g/mol. The molecule has 1 aliphatic heterocycles. The fraction of sp³-hybridized carbons (Fsp3) is 0.727. The molecule has 86 valence electrons. The number of carbonyl (C=O) groups is 1. The third-order valence-corrected chi connectivity index (χ3v) is 2.38. The molecule has 0 radical (unpaired) electrons. The molecule has 0 bridgehead atoms. The summed E-state index contributed by atoms with van der Waals surface area (Å²) in [6, 6.07) is 0. The molecule has 0 aromatic carbocycles. The van der Waals surface area contributed by atoms with E-state index in [-0.39, 0.29) is 5.91 Å². The molecule has 1 heterocycles. The molecule has 0 aromatic rings. The van der Waals surface area contributed by atoms with Crippen LogP contribution in [0.5, 0.6) is 0 Å². The van der Waals surface area contributed by atoms with Crippen molar-refractivity contribution in [1.82, 2.24) is 10.2 Å². The van der Waals surface area contributed by atoms with Crippen molar-refractivity contribution in [3.63, 3.8) is 0 Å². The highest BCUT2D eigenvalue weighted by atomic mass is 16.5. The summed E-state index contributed by atoms with van der Waals surface area (Å²) >= 11 is 0. The largest absolute Gasteiger partial charge is 0.378 e. The van der Waals surface area contributed by atoms with E-state index in [1.165, 1.54) is 0 Å². The Bertz CT molecular complexity index is 211. The molecule has 1 fully saturated rings. The second kappa shape index (κ2) is 7.43. The maximum Gasteiger partial charge on any atom is 0.224 e. The first-order valence-electron chi connectivity index (χ1n) is 5.52. The second-order valence-corrected chi connectivity index (χ2v) is 3.52. The molecule has 4 nitrogen and oxygen atoms in total. The molecule has 4 heteroatoms. The van der Waals surface area contributed by atoms with Crippen LogP contribution in [0.2, 0.25) is 0 Å². The molecule has 0 unspecified atom stereocenters. The lowest BCUT2D eigenvalue weighted by molar-refractivity contribution is -0.135. The third-order valence-electron chi connectivity index (χ3n) is 2.38. The van der Waals surface area contributed by atoms with Crippen LogP contribution in [-0.4, -0.2) is 50.2 Å². The maximum absolute atomic E-state index is 11.6. The summed E-state index contributed by atoms with van der Waals surface area (Å²) in [5, 5.41) is 3.19. The molecule has 1 aliphatic rings. The quantitative estimate of drug-likeness (QED) is 0.530. The van der Waals surface area contributed by atoms with Gasteiger partial charge in [-0.05, 0) is 6.92 Å². The molecule has 1 rings (SSSR count). The number of ether oxygens (including phenoxy) is 1. The predicted molar refractivity (Wildman–Crippen MR) is 59.7 cm³/mol. The number of carbonyl (C=O) groups excluding carboxylic acids is 1. The molecule has 0 aliphatic carbocycles. The highest BCUT2D eigenvalue weighted by molar-refractivity contribution is 5.76. The Balaban J connectivity index is 2.06. The number of nitrogens with zero attached hydrogens (tertiary/aromatic N) is 1. The summed E-state index contributed by atoms with van der Waals surface area (Å²) in [6.45, 7) is 6.42. The number of allylic oxidation sites excluding steroid dienone is 1. The molecule has 1 saturated heterocycles. The van der Waals surface area contributed by atoms with E-state index in [0.717, 1.165) is 26.2 Å². The molecular weight excluding hydrogens is 192 g/mol. The summed E-state index contributed by atoms with van der Waals surface area (Å²) < 4.78 is 5.19. The van der Waals surface area contributed by atoms with Crippen molar-refractivity contribution >= 4 is 5.91 Å². The smallest absolute Gasteiger partial charge is 0.224 e. The highest BCUT2D eigenvalue weighted by Gasteiger charge is 2.15. The molecule has 15 heavy (non-hydrogen) atoms. The van der Waals surface area contributed by atoms with Gasteiger partial charge in [-0.2, -0.15) is 0 Å². The van der Waals surface area contributed by atoms with E-state index in [1.807, 2.05) is 24.0 Å². The van der Waals surface area contributed by atoms with Crippen LogP contribution in [0.1, 0.15) is 13.3 Å². The van der Waals surface area contributed by atoms with Gasteiger partial charge in [0, 0.05) is 32.6 Å². The lowest BCUT2D eigenvalue weighted by atomic mass is 10.3.